The molecule has 2 aliphatic rings. The number of rotatable bonds is 5. The van der Waals surface area contributed by atoms with E-state index >= 15 is 0 Å². The first kappa shape index (κ1) is 17.9. The molecule has 1 saturated heterocycles. The van der Waals surface area contributed by atoms with Crippen molar-refractivity contribution in [2.24, 2.45) is 10.9 Å². The largest absolute Gasteiger partial charge is 0.356 e. The van der Waals surface area contributed by atoms with Gasteiger partial charge in [-0.05, 0) is 18.8 Å². The van der Waals surface area contributed by atoms with Crippen LogP contribution in [0.2, 0.25) is 0 Å². The van der Waals surface area contributed by atoms with E-state index in [1.54, 1.807) is 0 Å². The van der Waals surface area contributed by atoms with Gasteiger partial charge in [0.15, 0.2) is 5.96 Å². The Bertz CT molecular complexity index is 345. The second-order valence-electron chi connectivity index (χ2n) is 7.08. The van der Waals surface area contributed by atoms with E-state index < -0.39 is 0 Å². The minimum absolute atomic E-state index is 0.356. The lowest BCUT2D eigenvalue weighted by Gasteiger charge is -2.48. The number of hydrogen-bond donors (Lipinski definition) is 2. The van der Waals surface area contributed by atoms with Crippen molar-refractivity contribution in [2.45, 2.75) is 51.5 Å². The van der Waals surface area contributed by atoms with E-state index in [-0.39, 0.29) is 0 Å². The van der Waals surface area contributed by atoms with Crippen LogP contribution in [-0.4, -0.2) is 61.1 Å². The monoisotopic (exact) mass is 326 g/mol. The van der Waals surface area contributed by atoms with Gasteiger partial charge in [0, 0.05) is 50.3 Å². The lowest BCUT2D eigenvalue weighted by Crippen LogP contribution is -2.59. The molecular weight excluding hydrogens is 292 g/mol. The molecule has 4 nitrogen and oxygen atoms in total. The zero-order chi connectivity index (χ0) is 15.8. The van der Waals surface area contributed by atoms with Crippen molar-refractivity contribution >= 4 is 17.7 Å². The Morgan fingerprint density at radius 3 is 2.41 bits per heavy atom. The van der Waals surface area contributed by atoms with Gasteiger partial charge < -0.3 is 10.6 Å². The molecule has 22 heavy (non-hydrogen) atoms. The Hall–Kier alpha value is -0.420. The summed E-state index contributed by atoms with van der Waals surface area (Å²) in [6.07, 6.45) is 6.84. The quantitative estimate of drug-likeness (QED) is 0.602. The predicted octanol–water partition coefficient (Wildman–Crippen LogP) is 2.56. The van der Waals surface area contributed by atoms with Crippen LogP contribution in [0.3, 0.4) is 0 Å². The van der Waals surface area contributed by atoms with Crippen molar-refractivity contribution < 1.29 is 0 Å². The molecule has 0 aromatic heterocycles. The van der Waals surface area contributed by atoms with Gasteiger partial charge in [0.25, 0.3) is 0 Å². The van der Waals surface area contributed by atoms with Crippen molar-refractivity contribution in [3.63, 3.8) is 0 Å². The SMILES string of the molecule is CN=C(NCC(C)C)NCC1(N2CCSCC2)CCCCC1. The first-order valence-corrected chi connectivity index (χ1v) is 10.1. The summed E-state index contributed by atoms with van der Waals surface area (Å²) in [4.78, 5) is 7.16. The third kappa shape index (κ3) is 5.05. The van der Waals surface area contributed by atoms with E-state index in [4.69, 9.17) is 0 Å². The highest BCUT2D eigenvalue weighted by molar-refractivity contribution is 7.99. The molecule has 2 rings (SSSR count). The number of guanidine groups is 1. The van der Waals surface area contributed by atoms with Gasteiger partial charge in [0.05, 0.1) is 0 Å². The summed E-state index contributed by atoms with van der Waals surface area (Å²) in [6, 6.07) is 0. The maximum atomic E-state index is 4.39. The van der Waals surface area contributed by atoms with Gasteiger partial charge in [0.1, 0.15) is 0 Å². The van der Waals surface area contributed by atoms with Crippen LogP contribution < -0.4 is 10.6 Å². The molecular formula is C17H34N4S. The Morgan fingerprint density at radius 1 is 1.14 bits per heavy atom. The standard InChI is InChI=1S/C17H34N4S/c1-15(2)13-19-16(18-3)20-14-17(7-5-4-6-8-17)21-9-11-22-12-10-21/h15H,4-14H2,1-3H3,(H2,18,19,20). The number of thioether (sulfide) groups is 1. The fourth-order valence-electron chi connectivity index (χ4n) is 3.62. The maximum absolute atomic E-state index is 4.39. The highest BCUT2D eigenvalue weighted by Gasteiger charge is 2.38. The molecule has 1 aliphatic carbocycles. The van der Waals surface area contributed by atoms with Crippen LogP contribution in [0.15, 0.2) is 4.99 Å². The number of nitrogens with zero attached hydrogens (tertiary/aromatic N) is 2. The van der Waals surface area contributed by atoms with E-state index in [0.29, 0.717) is 11.5 Å². The summed E-state index contributed by atoms with van der Waals surface area (Å²) in [7, 11) is 1.88. The first-order valence-electron chi connectivity index (χ1n) is 8.93. The second kappa shape index (κ2) is 9.02. The number of aliphatic imine (C=N–C) groups is 1. The van der Waals surface area contributed by atoms with E-state index in [2.05, 4.69) is 46.1 Å². The van der Waals surface area contributed by atoms with Crippen molar-refractivity contribution in [2.75, 3.05) is 44.7 Å². The van der Waals surface area contributed by atoms with Gasteiger partial charge in [0.2, 0.25) is 0 Å². The molecule has 1 aliphatic heterocycles. The van der Waals surface area contributed by atoms with E-state index in [1.165, 1.54) is 56.7 Å². The number of hydrogen-bond acceptors (Lipinski definition) is 3. The fraction of sp³-hybridized carbons (Fsp3) is 0.941. The Balaban J connectivity index is 1.94. The molecule has 2 N–H and O–H groups in total. The molecule has 0 unspecified atom stereocenters. The zero-order valence-corrected chi connectivity index (χ0v) is 15.5. The van der Waals surface area contributed by atoms with Gasteiger partial charge >= 0.3 is 0 Å². The van der Waals surface area contributed by atoms with E-state index in [0.717, 1.165) is 19.0 Å². The van der Waals surface area contributed by atoms with Gasteiger partial charge in [-0.3, -0.25) is 9.89 Å². The molecule has 0 bridgehead atoms. The summed E-state index contributed by atoms with van der Waals surface area (Å²) in [6.45, 7) is 8.99. The predicted molar refractivity (Wildman–Crippen MR) is 98.9 cm³/mol. The van der Waals surface area contributed by atoms with Crippen LogP contribution in [0.25, 0.3) is 0 Å². The van der Waals surface area contributed by atoms with E-state index in [1.807, 2.05) is 7.05 Å². The molecule has 0 aromatic rings. The molecule has 0 aromatic carbocycles. The van der Waals surface area contributed by atoms with Crippen molar-refractivity contribution in [3.8, 4) is 0 Å². The van der Waals surface area contributed by atoms with Crippen LogP contribution in [0, 0.1) is 5.92 Å². The Labute approximate surface area is 140 Å². The van der Waals surface area contributed by atoms with Gasteiger partial charge in [-0.1, -0.05) is 33.1 Å². The first-order chi connectivity index (χ1) is 10.7. The van der Waals surface area contributed by atoms with Gasteiger partial charge in [-0.15, -0.1) is 0 Å². The third-order valence-corrected chi connectivity index (χ3v) is 5.89. The molecule has 0 atom stereocenters. The normalized spacial score (nSPS) is 23.5. The topological polar surface area (TPSA) is 39.7 Å². The Morgan fingerprint density at radius 2 is 1.82 bits per heavy atom. The van der Waals surface area contributed by atoms with Gasteiger partial charge in [-0.25, -0.2) is 0 Å². The zero-order valence-electron chi connectivity index (χ0n) is 14.7. The summed E-state index contributed by atoms with van der Waals surface area (Å²) < 4.78 is 0. The van der Waals surface area contributed by atoms with Crippen molar-refractivity contribution in [3.05, 3.63) is 0 Å². The lowest BCUT2D eigenvalue weighted by molar-refractivity contribution is 0.0626. The second-order valence-corrected chi connectivity index (χ2v) is 8.31. The molecule has 1 saturated carbocycles. The number of nitrogens with one attached hydrogen (secondary N) is 2. The highest BCUT2D eigenvalue weighted by Crippen LogP contribution is 2.34. The summed E-state index contributed by atoms with van der Waals surface area (Å²) in [5.74, 6) is 4.19. The van der Waals surface area contributed by atoms with Crippen LogP contribution in [0.5, 0.6) is 0 Å². The van der Waals surface area contributed by atoms with Crippen molar-refractivity contribution in [1.82, 2.24) is 15.5 Å². The smallest absolute Gasteiger partial charge is 0.191 e. The summed E-state index contributed by atoms with van der Waals surface area (Å²) in [5.41, 5.74) is 0.356. The minimum atomic E-state index is 0.356. The average molecular weight is 327 g/mol. The molecule has 0 spiro atoms. The van der Waals surface area contributed by atoms with Crippen molar-refractivity contribution in [1.29, 1.82) is 0 Å². The molecule has 0 amide bonds. The van der Waals surface area contributed by atoms with Gasteiger partial charge in [-0.2, -0.15) is 11.8 Å². The summed E-state index contributed by atoms with van der Waals surface area (Å²) in [5, 5.41) is 7.07. The fourth-order valence-corrected chi connectivity index (χ4v) is 4.53. The minimum Gasteiger partial charge on any atom is -0.356 e. The Kier molecular flexibility index (Phi) is 7.35. The molecule has 5 heteroatoms. The highest BCUT2D eigenvalue weighted by atomic mass is 32.2. The molecule has 2 fully saturated rings. The van der Waals surface area contributed by atoms with E-state index in [9.17, 15) is 0 Å². The molecule has 1 heterocycles. The maximum Gasteiger partial charge on any atom is 0.191 e. The van der Waals surface area contributed by atoms with Crippen LogP contribution in [0.4, 0.5) is 0 Å². The lowest BCUT2D eigenvalue weighted by atomic mass is 9.80. The van der Waals surface area contributed by atoms with Crippen LogP contribution >= 0.6 is 11.8 Å². The summed E-state index contributed by atoms with van der Waals surface area (Å²) >= 11 is 2.10. The average Bonchev–Trinajstić information content (AvgIpc) is 2.56. The van der Waals surface area contributed by atoms with Crippen LogP contribution in [-0.2, 0) is 0 Å². The van der Waals surface area contributed by atoms with Crippen LogP contribution in [0.1, 0.15) is 46.0 Å². The molecule has 128 valence electrons. The third-order valence-electron chi connectivity index (χ3n) is 4.95. The molecule has 0 radical (unpaired) electrons.